The molecular formula is C76H59Ir4N5O2-4. The maximum Gasteiger partial charge on any atom is 0.155 e. The molecule has 87 heavy (non-hydrogen) atoms. The zero-order valence-electron chi connectivity index (χ0n) is 57.2. The first-order chi connectivity index (χ1) is 44.8. The Morgan fingerprint density at radius 1 is 0.437 bits per heavy atom. The summed E-state index contributed by atoms with van der Waals surface area (Å²) in [5, 5.41) is 17.2. The smallest absolute Gasteiger partial charge is 0.155 e. The summed E-state index contributed by atoms with van der Waals surface area (Å²) in [6, 6.07) is 71.5. The van der Waals surface area contributed by atoms with E-state index in [-0.39, 0.29) is 151 Å². The second kappa shape index (κ2) is 38.0. The number of hydrogen-bond donors (Lipinski definition) is 1. The van der Waals surface area contributed by atoms with E-state index in [4.69, 9.17) is 24.1 Å². The summed E-state index contributed by atoms with van der Waals surface area (Å²) in [6.07, 6.45) is 8.03. The minimum Gasteiger partial charge on any atom is -0.512 e. The van der Waals surface area contributed by atoms with Gasteiger partial charge < -0.3 is 25.0 Å². The van der Waals surface area contributed by atoms with Crippen LogP contribution in [0.1, 0.15) is 44.2 Å². The molecule has 4 radical (unpaired) electrons. The van der Waals surface area contributed by atoms with Gasteiger partial charge in [-0.2, -0.15) is 5.26 Å². The summed E-state index contributed by atoms with van der Waals surface area (Å²) in [7, 11) is 0. The maximum absolute atomic E-state index is 10.0. The Kier molecular flexibility index (Phi) is 24.6. The molecule has 12 aromatic rings. The molecule has 0 saturated carbocycles. The van der Waals surface area contributed by atoms with E-state index in [0.717, 1.165) is 56.0 Å². The van der Waals surface area contributed by atoms with E-state index >= 15 is 0 Å². The van der Waals surface area contributed by atoms with Gasteiger partial charge in [0.15, 0.2) is 5.78 Å². The van der Waals surface area contributed by atoms with Gasteiger partial charge in [0.2, 0.25) is 0 Å². The second-order valence-electron chi connectivity index (χ2n) is 18.2. The van der Waals surface area contributed by atoms with Crippen LogP contribution in [0.2, 0.25) is 0 Å². The Labute approximate surface area is 580 Å². The number of allylic oxidation sites excluding steroid dienone is 2. The molecule has 0 bridgehead atoms. The van der Waals surface area contributed by atoms with Crippen LogP contribution in [0.15, 0.2) is 285 Å². The van der Waals surface area contributed by atoms with E-state index in [9.17, 15) is 4.79 Å². The molecule has 0 amide bonds. The number of aryl methyl sites for hydroxylation is 2. The molecule has 12 rings (SSSR count). The molecule has 7 nitrogen and oxygen atoms in total. The Morgan fingerprint density at radius 3 is 1.15 bits per heavy atom. The second-order valence-corrected chi connectivity index (χ2v) is 18.2. The molecule has 0 saturated heterocycles. The van der Waals surface area contributed by atoms with Gasteiger partial charge in [-0.05, 0) is 107 Å². The topological polar surface area (TPSA) is 113 Å². The fourth-order valence-electron chi connectivity index (χ4n) is 8.03. The van der Waals surface area contributed by atoms with Crippen molar-refractivity contribution in [3.63, 3.8) is 0 Å². The third-order valence-electron chi connectivity index (χ3n) is 12.1. The number of aliphatic hydroxyl groups excluding tert-OH is 1. The fraction of sp³-hybridized carbons (Fsp3) is 0.0526. The fourth-order valence-corrected chi connectivity index (χ4v) is 8.03. The van der Waals surface area contributed by atoms with Gasteiger partial charge in [0, 0.05) is 122 Å². The van der Waals surface area contributed by atoms with Crippen molar-refractivity contribution >= 4 is 5.78 Å². The van der Waals surface area contributed by atoms with Crippen LogP contribution in [-0.4, -0.2) is 30.8 Å². The summed E-state index contributed by atoms with van der Waals surface area (Å²) in [5.74, 6) is -0.0625. The third-order valence-corrected chi connectivity index (χ3v) is 12.1. The van der Waals surface area contributed by atoms with Crippen molar-refractivity contribution in [3.8, 4) is 95.6 Å². The van der Waals surface area contributed by atoms with Gasteiger partial charge >= 0.3 is 0 Å². The largest absolute Gasteiger partial charge is 0.512 e. The van der Waals surface area contributed by atoms with E-state index < -0.39 is 12.1 Å². The number of aliphatic hydroxyl groups is 1. The van der Waals surface area contributed by atoms with Crippen molar-refractivity contribution in [2.24, 2.45) is 0 Å². The molecule has 0 aliphatic heterocycles. The summed E-state index contributed by atoms with van der Waals surface area (Å²) >= 11 is 0. The number of ketones is 1. The van der Waals surface area contributed by atoms with E-state index in [1.807, 2.05) is 165 Å². The Balaban J connectivity index is 0.000000263. The number of hydrogen-bond acceptors (Lipinski definition) is 7. The number of carbonyl (C=O) groups is 1. The van der Waals surface area contributed by atoms with Gasteiger partial charge in [-0.15, -0.1) is 144 Å². The Bertz CT molecular complexity index is 4560. The number of nitriles is 1. The summed E-state index contributed by atoms with van der Waals surface area (Å²) < 4.78 is 78.5. The van der Waals surface area contributed by atoms with Crippen molar-refractivity contribution in [2.75, 3.05) is 0 Å². The molecule has 0 atom stereocenters. The van der Waals surface area contributed by atoms with Crippen LogP contribution < -0.4 is 0 Å². The predicted molar refractivity (Wildman–Crippen MR) is 337 cm³/mol. The van der Waals surface area contributed by atoms with Gasteiger partial charge in [0.25, 0.3) is 0 Å². The molecule has 4 aromatic heterocycles. The minimum absolute atomic E-state index is 0. The van der Waals surface area contributed by atoms with Gasteiger partial charge in [-0.3, -0.25) is 4.79 Å². The average Bonchev–Trinajstić information content (AvgIpc) is 0.785. The first-order valence-corrected chi connectivity index (χ1v) is 26.1. The van der Waals surface area contributed by atoms with Crippen LogP contribution in [0.25, 0.3) is 89.5 Å². The summed E-state index contributed by atoms with van der Waals surface area (Å²) in [6.45, 7) is 6.81. The summed E-state index contributed by atoms with van der Waals surface area (Å²) in [4.78, 5) is 27.7. The number of carbonyl (C=O) groups excluding carboxylic acids is 1. The summed E-state index contributed by atoms with van der Waals surface area (Å²) in [5.41, 5.74) is 15.5. The quantitative estimate of drug-likeness (QED) is 0.0870. The van der Waals surface area contributed by atoms with Crippen molar-refractivity contribution in [1.82, 2.24) is 19.9 Å². The molecule has 0 unspecified atom stereocenters. The molecule has 0 aliphatic carbocycles. The number of benzene rings is 8. The van der Waals surface area contributed by atoms with E-state index in [0.29, 0.717) is 22.4 Å². The zero-order valence-corrected chi connectivity index (χ0v) is 56.8. The molecule has 0 spiro atoms. The van der Waals surface area contributed by atoms with Gasteiger partial charge in [0.05, 0.1) is 31.1 Å². The minimum atomic E-state index is -0.396. The van der Waals surface area contributed by atoms with Crippen LogP contribution >= 0.6 is 0 Å². The van der Waals surface area contributed by atoms with E-state index in [1.165, 1.54) is 42.8 Å². The number of pyridine rings is 4. The SMILES string of the molecule is CC(=O)C=C(C)O.Cc1cc(-c2[c-]cccc2)ncc1-c1ccccc1.N#Cc1ccc(-c2ccc(-c3[c-]cccc3)nc2)cc1.[2H]c1c([2H])c([2H])c(-c2ccc(-c3[c-]cccc3)nc2)c([2H])c1[2H].[2H]c1c([2H])c([2H])c(-c2cnc(-c3[c-]cccc3)cc2C)c([2H])c1[2H].[Ir].[Ir].[Ir].[Ir]. The third kappa shape index (κ3) is 22.2. The molecule has 0 fully saturated rings. The van der Waals surface area contributed by atoms with E-state index in [2.05, 4.69) is 75.4 Å². The normalized spacial score (nSPS) is 11.5. The van der Waals surface area contributed by atoms with Crippen LogP contribution in [0.5, 0.6) is 0 Å². The molecule has 440 valence electrons. The van der Waals surface area contributed by atoms with Crippen LogP contribution in [-0.2, 0) is 85.2 Å². The van der Waals surface area contributed by atoms with Gasteiger partial charge in [0.1, 0.15) is 0 Å². The van der Waals surface area contributed by atoms with Crippen LogP contribution in [0.4, 0.5) is 0 Å². The average molecular weight is 1850 g/mol. The van der Waals surface area contributed by atoms with Crippen molar-refractivity contribution in [3.05, 3.63) is 326 Å². The molecule has 0 aliphatic rings. The molecular weight excluding hydrogens is 1780 g/mol. The van der Waals surface area contributed by atoms with Gasteiger partial charge in [-0.1, -0.05) is 139 Å². The molecule has 8 aromatic carbocycles. The Hall–Kier alpha value is -8.34. The molecule has 11 heteroatoms. The first-order valence-electron chi connectivity index (χ1n) is 31.1. The monoisotopic (exact) mass is 1860 g/mol. The predicted octanol–water partition coefficient (Wildman–Crippen LogP) is 18.4. The number of rotatable bonds is 9. The van der Waals surface area contributed by atoms with Crippen LogP contribution in [0.3, 0.4) is 0 Å². The van der Waals surface area contributed by atoms with Crippen molar-refractivity contribution in [1.29, 1.82) is 5.26 Å². The maximum atomic E-state index is 10.0. The van der Waals surface area contributed by atoms with E-state index in [1.54, 1.807) is 30.5 Å². The number of aromatic nitrogens is 4. The zero-order chi connectivity index (χ0) is 66.7. The van der Waals surface area contributed by atoms with Crippen molar-refractivity contribution < 1.29 is 104 Å². The Morgan fingerprint density at radius 2 is 0.805 bits per heavy atom. The van der Waals surface area contributed by atoms with Crippen molar-refractivity contribution in [2.45, 2.75) is 27.7 Å². The van der Waals surface area contributed by atoms with Crippen LogP contribution in [0, 0.1) is 49.4 Å². The van der Waals surface area contributed by atoms with Gasteiger partial charge in [-0.25, -0.2) is 0 Å². The first kappa shape index (κ1) is 56.5. The standard InChI is InChI=1S/C18H11N2.2C18H14N.C17H12N.C5H8O2.4Ir/c19-12-14-6-8-15(9-7-14)17-10-11-18(20-13-17)16-4-2-1-3-5-16;2*1-14-12-18(16-10-6-3-7-11-16)19-13-17(14)15-8-4-2-5-9-15;1-3-7-14(8-4-1)16-11-12-17(18-13-16)15-9-5-2-6-10-15;1-4(6)3-5(2)7;;;;/h1-4,6-11,13H;2*2-10,12-13H,1H3;1-9,11-13H;3,6H,1-2H3;;;;/q4*-1;;;;;/i;2D,4D,5D,8D,9D;;1D,3D,4D,7D,8D;;;;;. The molecule has 4 heterocycles. The molecule has 1 N–H and O–H groups in total. The number of nitrogens with zero attached hydrogens (tertiary/aromatic N) is 5.